The number of aliphatic hydroxyl groups excluding tert-OH is 1. The first-order valence-electron chi connectivity index (χ1n) is 6.76. The molecule has 1 unspecified atom stereocenters. The van der Waals surface area contributed by atoms with E-state index in [0.29, 0.717) is 17.7 Å². The molecule has 1 amide bonds. The van der Waals surface area contributed by atoms with Crippen molar-refractivity contribution in [3.8, 4) is 0 Å². The Morgan fingerprint density at radius 1 is 1.53 bits per heavy atom. The number of rotatable bonds is 3. The van der Waals surface area contributed by atoms with E-state index in [9.17, 15) is 14.3 Å². The second-order valence-electron chi connectivity index (χ2n) is 5.37. The highest BCUT2D eigenvalue weighted by Gasteiger charge is 2.29. The maximum Gasteiger partial charge on any atom is 0.254 e. The van der Waals surface area contributed by atoms with Crippen molar-refractivity contribution < 1.29 is 14.3 Å². The summed E-state index contributed by atoms with van der Waals surface area (Å²) < 4.78 is 13.9. The van der Waals surface area contributed by atoms with E-state index < -0.39 is 0 Å². The highest BCUT2D eigenvalue weighted by molar-refractivity contribution is 5.94. The molecule has 1 fully saturated rings. The topological polar surface area (TPSA) is 40.5 Å². The molecule has 1 aliphatic heterocycles. The molecule has 1 atom stereocenters. The molecule has 1 aliphatic rings. The number of carbonyl (C=O) groups excluding carboxylic acids is 1. The van der Waals surface area contributed by atoms with Gasteiger partial charge in [-0.05, 0) is 36.5 Å². The van der Waals surface area contributed by atoms with Gasteiger partial charge >= 0.3 is 0 Å². The van der Waals surface area contributed by atoms with Crippen molar-refractivity contribution in [3.05, 3.63) is 35.1 Å². The Morgan fingerprint density at radius 3 is 2.84 bits per heavy atom. The third-order valence-corrected chi connectivity index (χ3v) is 3.72. The summed E-state index contributed by atoms with van der Waals surface area (Å²) in [5, 5.41) is 9.24. The predicted octanol–water partition coefficient (Wildman–Crippen LogP) is 2.55. The lowest BCUT2D eigenvalue weighted by atomic mass is 10.0. The lowest BCUT2D eigenvalue weighted by Crippen LogP contribution is -2.37. The van der Waals surface area contributed by atoms with Gasteiger partial charge in [-0.2, -0.15) is 0 Å². The second kappa shape index (κ2) is 5.70. The van der Waals surface area contributed by atoms with Gasteiger partial charge in [0.25, 0.3) is 5.91 Å². The Morgan fingerprint density at radius 2 is 2.26 bits per heavy atom. The molecule has 0 spiro atoms. The number of hydrogen-bond acceptors (Lipinski definition) is 2. The van der Waals surface area contributed by atoms with Crippen LogP contribution in [0.3, 0.4) is 0 Å². The molecular formula is C15H20FNO2. The van der Waals surface area contributed by atoms with E-state index in [1.807, 2.05) is 13.8 Å². The van der Waals surface area contributed by atoms with E-state index in [1.54, 1.807) is 17.0 Å². The van der Waals surface area contributed by atoms with Crippen molar-refractivity contribution in [1.82, 2.24) is 4.90 Å². The number of amides is 1. The number of benzene rings is 1. The Balaban J connectivity index is 2.22. The lowest BCUT2D eigenvalue weighted by Gasteiger charge is -2.23. The van der Waals surface area contributed by atoms with Crippen LogP contribution in [0.5, 0.6) is 0 Å². The number of nitrogens with zero attached hydrogens (tertiary/aromatic N) is 1. The minimum absolute atomic E-state index is 0.0295. The van der Waals surface area contributed by atoms with Crippen molar-refractivity contribution in [2.75, 3.05) is 13.2 Å². The van der Waals surface area contributed by atoms with Gasteiger partial charge in [0.15, 0.2) is 0 Å². The molecule has 19 heavy (non-hydrogen) atoms. The standard InChI is InChI=1S/C15H20FNO2/c1-10(2)13-6-5-11(8-14(13)16)15(19)17-7-3-4-12(17)9-18/h5-6,8,10,12,18H,3-4,7,9H2,1-2H3. The Hall–Kier alpha value is -1.42. The van der Waals surface area contributed by atoms with Crippen LogP contribution in [0.15, 0.2) is 18.2 Å². The van der Waals surface area contributed by atoms with Crippen LogP contribution in [-0.2, 0) is 0 Å². The molecule has 1 saturated heterocycles. The van der Waals surface area contributed by atoms with Gasteiger partial charge in [-0.1, -0.05) is 19.9 Å². The fourth-order valence-electron chi connectivity index (χ4n) is 2.59. The zero-order valence-corrected chi connectivity index (χ0v) is 11.4. The summed E-state index contributed by atoms with van der Waals surface area (Å²) in [6.45, 7) is 4.44. The van der Waals surface area contributed by atoms with Crippen molar-refractivity contribution in [2.45, 2.75) is 38.6 Å². The van der Waals surface area contributed by atoms with Gasteiger partial charge in [0.05, 0.1) is 12.6 Å². The molecule has 1 aromatic rings. The third-order valence-electron chi connectivity index (χ3n) is 3.72. The smallest absolute Gasteiger partial charge is 0.254 e. The van der Waals surface area contributed by atoms with Crippen LogP contribution >= 0.6 is 0 Å². The van der Waals surface area contributed by atoms with E-state index in [-0.39, 0.29) is 30.3 Å². The molecule has 0 bridgehead atoms. The van der Waals surface area contributed by atoms with Crippen LogP contribution < -0.4 is 0 Å². The first-order chi connectivity index (χ1) is 9.04. The van der Waals surface area contributed by atoms with Crippen molar-refractivity contribution in [2.24, 2.45) is 0 Å². The van der Waals surface area contributed by atoms with Gasteiger partial charge < -0.3 is 10.0 Å². The van der Waals surface area contributed by atoms with E-state index in [4.69, 9.17) is 0 Å². The highest BCUT2D eigenvalue weighted by Crippen LogP contribution is 2.23. The quantitative estimate of drug-likeness (QED) is 0.912. The van der Waals surface area contributed by atoms with Crippen molar-refractivity contribution in [1.29, 1.82) is 0 Å². The number of likely N-dealkylation sites (tertiary alicyclic amines) is 1. The molecule has 3 nitrogen and oxygen atoms in total. The number of halogens is 1. The van der Waals surface area contributed by atoms with Gasteiger partial charge in [0.2, 0.25) is 0 Å². The van der Waals surface area contributed by atoms with Crippen LogP contribution in [0, 0.1) is 5.82 Å². The molecule has 0 aromatic heterocycles. The second-order valence-corrected chi connectivity index (χ2v) is 5.37. The minimum atomic E-state index is -0.333. The highest BCUT2D eigenvalue weighted by atomic mass is 19.1. The summed E-state index contributed by atoms with van der Waals surface area (Å²) >= 11 is 0. The largest absolute Gasteiger partial charge is 0.394 e. The first-order valence-corrected chi connectivity index (χ1v) is 6.76. The lowest BCUT2D eigenvalue weighted by molar-refractivity contribution is 0.0677. The van der Waals surface area contributed by atoms with Gasteiger partial charge in [-0.25, -0.2) is 4.39 Å². The van der Waals surface area contributed by atoms with Crippen molar-refractivity contribution in [3.63, 3.8) is 0 Å². The average Bonchev–Trinajstić information content (AvgIpc) is 2.85. The van der Waals surface area contributed by atoms with Gasteiger partial charge in [0.1, 0.15) is 5.82 Å². The molecule has 2 rings (SSSR count). The molecule has 4 heteroatoms. The van der Waals surface area contributed by atoms with E-state index >= 15 is 0 Å². The summed E-state index contributed by atoms with van der Waals surface area (Å²) in [5.41, 5.74) is 0.985. The maximum atomic E-state index is 13.9. The maximum absolute atomic E-state index is 13.9. The van der Waals surface area contributed by atoms with Crippen LogP contribution in [0.4, 0.5) is 4.39 Å². The molecule has 0 aliphatic carbocycles. The van der Waals surface area contributed by atoms with Crippen LogP contribution in [0.2, 0.25) is 0 Å². The van der Waals surface area contributed by atoms with Crippen LogP contribution in [0.25, 0.3) is 0 Å². The molecule has 104 valence electrons. The first kappa shape index (κ1) is 14.0. The summed E-state index contributed by atoms with van der Waals surface area (Å²) in [6, 6.07) is 4.54. The predicted molar refractivity (Wildman–Crippen MR) is 71.6 cm³/mol. The summed E-state index contributed by atoms with van der Waals surface area (Å²) in [6.07, 6.45) is 1.71. The summed E-state index contributed by atoms with van der Waals surface area (Å²) in [4.78, 5) is 13.9. The van der Waals surface area contributed by atoms with Crippen LogP contribution in [0.1, 0.15) is 48.5 Å². The number of carbonyl (C=O) groups is 1. The minimum Gasteiger partial charge on any atom is -0.394 e. The van der Waals surface area contributed by atoms with Gasteiger partial charge in [0, 0.05) is 12.1 Å². The normalized spacial score (nSPS) is 19.2. The number of hydrogen-bond donors (Lipinski definition) is 1. The van der Waals surface area contributed by atoms with Gasteiger partial charge in [-0.15, -0.1) is 0 Å². The zero-order valence-electron chi connectivity index (χ0n) is 11.4. The van der Waals surface area contributed by atoms with Crippen LogP contribution in [-0.4, -0.2) is 35.1 Å². The summed E-state index contributed by atoms with van der Waals surface area (Å²) in [5.74, 6) is -0.424. The SMILES string of the molecule is CC(C)c1ccc(C(=O)N2CCCC2CO)cc1F. The van der Waals surface area contributed by atoms with E-state index in [0.717, 1.165) is 12.8 Å². The fraction of sp³-hybridized carbons (Fsp3) is 0.533. The Kier molecular flexibility index (Phi) is 4.20. The monoisotopic (exact) mass is 265 g/mol. The molecular weight excluding hydrogens is 245 g/mol. The molecule has 0 radical (unpaired) electrons. The zero-order chi connectivity index (χ0) is 14.0. The average molecular weight is 265 g/mol. The molecule has 1 heterocycles. The fourth-order valence-corrected chi connectivity index (χ4v) is 2.59. The van der Waals surface area contributed by atoms with E-state index in [1.165, 1.54) is 6.07 Å². The summed E-state index contributed by atoms with van der Waals surface area (Å²) in [7, 11) is 0. The molecule has 1 aromatic carbocycles. The molecule has 0 saturated carbocycles. The van der Waals surface area contributed by atoms with Crippen molar-refractivity contribution >= 4 is 5.91 Å². The number of aliphatic hydroxyl groups is 1. The van der Waals surface area contributed by atoms with E-state index in [2.05, 4.69) is 0 Å². The third kappa shape index (κ3) is 2.78. The molecule has 1 N–H and O–H groups in total. The van der Waals surface area contributed by atoms with Gasteiger partial charge in [-0.3, -0.25) is 4.79 Å². The Bertz CT molecular complexity index is 473. The Labute approximate surface area is 113 Å².